The molecule has 0 aliphatic carbocycles. The summed E-state index contributed by atoms with van der Waals surface area (Å²) in [6.45, 7) is 1.47. The van der Waals surface area contributed by atoms with Gasteiger partial charge in [0.15, 0.2) is 0 Å². The molecular formula is C4H9KNNaO5. The first-order valence-corrected chi connectivity index (χ1v) is 2.08. The molecule has 0 heterocycles. The van der Waals surface area contributed by atoms with Gasteiger partial charge >= 0.3 is 80.9 Å². The van der Waals surface area contributed by atoms with E-state index < -0.39 is 0 Å². The molecule has 0 bridgehead atoms. The Morgan fingerprint density at radius 1 is 1.17 bits per heavy atom. The normalized spacial score (nSPS) is 4.50. The first-order valence-electron chi connectivity index (χ1n) is 2.08. The van der Waals surface area contributed by atoms with Crippen LogP contribution >= 0.6 is 0 Å². The largest absolute Gasteiger partial charge is 1.00 e. The van der Waals surface area contributed by atoms with Crippen LogP contribution in [0, 0.1) is 0 Å². The second-order valence-electron chi connectivity index (χ2n) is 0.695. The Morgan fingerprint density at radius 3 is 1.25 bits per heavy atom. The summed E-state index contributed by atoms with van der Waals surface area (Å²) < 4.78 is 0. The summed E-state index contributed by atoms with van der Waals surface area (Å²) in [7, 11) is 0. The van der Waals surface area contributed by atoms with Gasteiger partial charge in [-0.15, -0.1) is 0 Å². The molecule has 0 aromatic rings. The number of hydrogen-bond donors (Lipinski definition) is 4. The molecule has 0 aromatic carbocycles. The zero-order chi connectivity index (χ0) is 8.83. The summed E-state index contributed by atoms with van der Waals surface area (Å²) >= 11 is 0. The topological polar surface area (TPSA) is 121 Å². The van der Waals surface area contributed by atoms with Crippen molar-refractivity contribution in [3.05, 3.63) is 0 Å². The molecule has 8 heteroatoms. The van der Waals surface area contributed by atoms with Gasteiger partial charge in [0, 0.05) is 6.54 Å². The Balaban J connectivity index is -0.0000000191. The van der Waals surface area contributed by atoms with Gasteiger partial charge < -0.3 is 30.6 Å². The van der Waals surface area contributed by atoms with E-state index in [0.29, 0.717) is 19.5 Å². The molecule has 0 spiro atoms. The van der Waals surface area contributed by atoms with Crippen molar-refractivity contribution in [3.63, 3.8) is 0 Å². The molecule has 0 unspecified atom stereocenters. The van der Waals surface area contributed by atoms with E-state index in [1.165, 1.54) is 0 Å². The third-order valence-corrected chi connectivity index (χ3v) is 0.129. The SMILES string of the molecule is NCCO.O=[C-]O.O=[C-]O.[K+].[Na+]. The Morgan fingerprint density at radius 2 is 1.25 bits per heavy atom. The molecule has 0 aliphatic heterocycles. The molecule has 0 saturated heterocycles. The molecule has 0 atom stereocenters. The van der Waals surface area contributed by atoms with Gasteiger partial charge in [0.1, 0.15) is 0 Å². The van der Waals surface area contributed by atoms with Crippen molar-refractivity contribution in [1.29, 1.82) is 0 Å². The van der Waals surface area contributed by atoms with E-state index in [0.717, 1.165) is 0 Å². The van der Waals surface area contributed by atoms with Crippen LogP contribution in [0.3, 0.4) is 0 Å². The summed E-state index contributed by atoms with van der Waals surface area (Å²) in [5.74, 6) is 0. The fraction of sp³-hybridized carbons (Fsp3) is 0.500. The van der Waals surface area contributed by atoms with Crippen molar-refractivity contribution in [1.82, 2.24) is 0 Å². The van der Waals surface area contributed by atoms with E-state index in [1.54, 1.807) is 0 Å². The summed E-state index contributed by atoms with van der Waals surface area (Å²) in [6.07, 6.45) is 0. The summed E-state index contributed by atoms with van der Waals surface area (Å²) in [4.78, 5) is 16.5. The first-order chi connectivity index (χ1) is 4.74. The van der Waals surface area contributed by atoms with E-state index in [9.17, 15) is 0 Å². The van der Waals surface area contributed by atoms with Gasteiger partial charge in [0.2, 0.25) is 0 Å². The molecule has 0 saturated carbocycles. The maximum atomic E-state index is 8.24. The standard InChI is InChI=1S/C2H7NO.2CHO2.K.Na/c3-1-2-4;2*2-1-3;;/h4H,1-3H2;2*(H,2,3);;/q;2*-1;2*+1. The average Bonchev–Trinajstić information content (AvgIpc) is 1.91. The summed E-state index contributed by atoms with van der Waals surface area (Å²) in [5.41, 5.74) is 4.78. The number of aliphatic hydroxyl groups excluding tert-OH is 3. The van der Waals surface area contributed by atoms with Crippen molar-refractivity contribution >= 4 is 12.9 Å². The number of aliphatic hydroxyl groups is 1. The van der Waals surface area contributed by atoms with Crippen molar-refractivity contribution in [2.75, 3.05) is 13.2 Å². The van der Waals surface area contributed by atoms with E-state index in [1.807, 2.05) is 0 Å². The average molecular weight is 213 g/mol. The molecule has 0 aromatic heterocycles. The quantitative estimate of drug-likeness (QED) is 0.253. The van der Waals surface area contributed by atoms with E-state index in [-0.39, 0.29) is 87.5 Å². The third kappa shape index (κ3) is 203. The van der Waals surface area contributed by atoms with Crippen LogP contribution in [-0.4, -0.2) is 41.4 Å². The Kier molecular flexibility index (Phi) is 133. The zero-order valence-electron chi connectivity index (χ0n) is 7.15. The predicted octanol–water partition coefficient (Wildman–Crippen LogP) is -7.83. The molecule has 5 N–H and O–H groups in total. The van der Waals surface area contributed by atoms with Gasteiger partial charge in [-0.25, -0.2) is 0 Å². The van der Waals surface area contributed by atoms with Crippen LogP contribution < -0.4 is 86.7 Å². The van der Waals surface area contributed by atoms with Crippen molar-refractivity contribution in [2.45, 2.75) is 0 Å². The van der Waals surface area contributed by atoms with Gasteiger partial charge in [0.05, 0.1) is 6.61 Å². The van der Waals surface area contributed by atoms with Crippen molar-refractivity contribution in [3.8, 4) is 0 Å². The molecule has 0 amide bonds. The maximum absolute atomic E-state index is 8.24. The summed E-state index contributed by atoms with van der Waals surface area (Å²) in [6, 6.07) is 0. The number of nitrogens with two attached hydrogens (primary N) is 1. The zero-order valence-corrected chi connectivity index (χ0v) is 12.3. The van der Waals surface area contributed by atoms with Gasteiger partial charge in [-0.1, -0.05) is 12.9 Å². The van der Waals surface area contributed by atoms with Gasteiger partial charge in [-0.2, -0.15) is 0 Å². The second-order valence-corrected chi connectivity index (χ2v) is 0.695. The van der Waals surface area contributed by atoms with Gasteiger partial charge in [0.25, 0.3) is 0 Å². The molecule has 0 fully saturated rings. The first kappa shape index (κ1) is 29.2. The minimum Gasteiger partial charge on any atom is -0.665 e. The van der Waals surface area contributed by atoms with Crippen LogP contribution in [-0.2, 0) is 9.59 Å². The Labute approximate surface area is 135 Å². The second kappa shape index (κ2) is 54.7. The van der Waals surface area contributed by atoms with Crippen LogP contribution in [0.2, 0.25) is 0 Å². The summed E-state index contributed by atoms with van der Waals surface area (Å²) in [5, 5.41) is 21.3. The fourth-order valence-electron chi connectivity index (χ4n) is 0. The van der Waals surface area contributed by atoms with E-state index >= 15 is 0 Å². The molecule has 6 nitrogen and oxygen atoms in total. The molecular weight excluding hydrogens is 204 g/mol. The van der Waals surface area contributed by atoms with Crippen LogP contribution in [0.25, 0.3) is 0 Å². The monoisotopic (exact) mass is 213 g/mol. The molecule has 12 heavy (non-hydrogen) atoms. The minimum absolute atomic E-state index is 0. The van der Waals surface area contributed by atoms with Crippen LogP contribution in [0.5, 0.6) is 0 Å². The fourth-order valence-corrected chi connectivity index (χ4v) is 0. The van der Waals surface area contributed by atoms with Crippen LogP contribution in [0.4, 0.5) is 0 Å². The van der Waals surface area contributed by atoms with Crippen LogP contribution in [0.1, 0.15) is 0 Å². The Hall–Kier alpha value is 1.50. The number of rotatable bonds is 1. The smallest absolute Gasteiger partial charge is 0.665 e. The van der Waals surface area contributed by atoms with Gasteiger partial charge in [-0.05, 0) is 0 Å². The minimum atomic E-state index is 0. The van der Waals surface area contributed by atoms with Crippen molar-refractivity contribution in [2.24, 2.45) is 5.73 Å². The Bertz CT molecular complexity index is 59.4. The van der Waals surface area contributed by atoms with Crippen LogP contribution in [0.15, 0.2) is 0 Å². The molecule has 62 valence electrons. The van der Waals surface area contributed by atoms with E-state index in [4.69, 9.17) is 30.6 Å². The maximum Gasteiger partial charge on any atom is 1.00 e. The van der Waals surface area contributed by atoms with Crippen molar-refractivity contribution < 1.29 is 106 Å². The third-order valence-electron chi connectivity index (χ3n) is 0.129. The van der Waals surface area contributed by atoms with E-state index in [2.05, 4.69) is 0 Å². The molecule has 0 rings (SSSR count). The van der Waals surface area contributed by atoms with Gasteiger partial charge in [-0.3, -0.25) is 0 Å². The molecule has 0 aliphatic rings. The predicted molar refractivity (Wildman–Crippen MR) is 32.8 cm³/mol. The molecule has 0 radical (unpaired) electrons. The number of hydrogen-bond acceptors (Lipinski definition) is 4.